The molecular weight excluding hydrogens is 575 g/mol. The monoisotopic (exact) mass is 601 g/mol. The normalized spacial score (nSPS) is 18.3. The van der Waals surface area contributed by atoms with Crippen molar-refractivity contribution in [1.29, 1.82) is 0 Å². The molecule has 0 saturated heterocycles. The van der Waals surface area contributed by atoms with Crippen LogP contribution in [0.1, 0.15) is 37.3 Å². The van der Waals surface area contributed by atoms with E-state index in [1.807, 2.05) is 0 Å². The zero-order valence-electron chi connectivity index (χ0n) is 20.9. The van der Waals surface area contributed by atoms with E-state index in [1.54, 1.807) is 0 Å². The summed E-state index contributed by atoms with van der Waals surface area (Å²) in [5, 5.41) is 28.9. The molecule has 0 unspecified atom stereocenters. The van der Waals surface area contributed by atoms with Crippen molar-refractivity contribution < 1.29 is 59.3 Å². The molecule has 1 heterocycles. The number of aliphatic hydroxyl groups excluding tert-OH is 2. The van der Waals surface area contributed by atoms with Crippen LogP contribution in [0.3, 0.4) is 0 Å². The molecule has 0 saturated carbocycles. The van der Waals surface area contributed by atoms with Crippen LogP contribution in [0.15, 0.2) is 47.4 Å². The average molecular weight is 602 g/mol. The number of ketones is 1. The van der Waals surface area contributed by atoms with Gasteiger partial charge in [0.15, 0.2) is 0 Å². The van der Waals surface area contributed by atoms with Crippen LogP contribution in [0.5, 0.6) is 0 Å². The Labute approximate surface area is 224 Å². The van der Waals surface area contributed by atoms with Gasteiger partial charge in [0.1, 0.15) is 11.6 Å². The van der Waals surface area contributed by atoms with E-state index in [4.69, 9.17) is 0 Å². The fraction of sp³-hybridized carbons (Fsp3) is 0.480. The summed E-state index contributed by atoms with van der Waals surface area (Å²) in [7, 11) is -4.63. The Morgan fingerprint density at radius 2 is 1.62 bits per heavy atom. The molecule has 1 aliphatic heterocycles. The number of halogens is 7. The van der Waals surface area contributed by atoms with Gasteiger partial charge in [-0.2, -0.15) is 26.3 Å². The topological polar surface area (TPSA) is 115 Å². The molecule has 2 aromatic carbocycles. The molecule has 0 amide bonds. The zero-order chi connectivity index (χ0) is 30.3. The number of benzene rings is 2. The van der Waals surface area contributed by atoms with Gasteiger partial charge in [-0.25, -0.2) is 12.8 Å². The number of hydrogen-bond donors (Lipinski definition) is 3. The van der Waals surface area contributed by atoms with E-state index in [2.05, 4.69) is 0 Å². The Morgan fingerprint density at radius 1 is 1.05 bits per heavy atom. The molecule has 0 aromatic heterocycles. The van der Waals surface area contributed by atoms with Crippen molar-refractivity contribution >= 4 is 21.5 Å². The molecule has 3 atom stereocenters. The van der Waals surface area contributed by atoms with Crippen molar-refractivity contribution in [2.45, 2.75) is 67.6 Å². The summed E-state index contributed by atoms with van der Waals surface area (Å²) in [4.78, 5) is 12.3. The van der Waals surface area contributed by atoms with Gasteiger partial charge in [0, 0.05) is 30.9 Å². The van der Waals surface area contributed by atoms with Crippen LogP contribution in [-0.4, -0.2) is 60.6 Å². The van der Waals surface area contributed by atoms with E-state index in [9.17, 15) is 59.3 Å². The maximum atomic E-state index is 13.6. The number of fused-ring (bicyclic) bond motifs is 1. The predicted octanol–water partition coefficient (Wildman–Crippen LogP) is 3.99. The van der Waals surface area contributed by atoms with Crippen LogP contribution < -0.4 is 4.31 Å². The molecule has 222 valence electrons. The second-order valence-electron chi connectivity index (χ2n) is 9.63. The van der Waals surface area contributed by atoms with Crippen molar-refractivity contribution in [3.05, 3.63) is 59.4 Å². The highest BCUT2D eigenvalue weighted by molar-refractivity contribution is 7.92. The van der Waals surface area contributed by atoms with Gasteiger partial charge in [-0.15, -0.1) is 0 Å². The lowest BCUT2D eigenvalue weighted by Crippen LogP contribution is -2.54. The summed E-state index contributed by atoms with van der Waals surface area (Å²) in [6.45, 7) is 0.801. The summed E-state index contributed by atoms with van der Waals surface area (Å²) >= 11 is 0. The summed E-state index contributed by atoms with van der Waals surface area (Å²) in [5.41, 5.74) is -7.39. The highest BCUT2D eigenvalue weighted by atomic mass is 32.2. The van der Waals surface area contributed by atoms with E-state index >= 15 is 0 Å². The Balaban J connectivity index is 2.13. The first-order valence-corrected chi connectivity index (χ1v) is 13.4. The molecule has 3 rings (SSSR count). The molecule has 0 fully saturated rings. The Hall–Kier alpha value is -2.75. The van der Waals surface area contributed by atoms with Crippen LogP contribution in [0.2, 0.25) is 0 Å². The molecule has 0 radical (unpaired) electrons. The average Bonchev–Trinajstić information content (AvgIpc) is 2.84. The molecule has 0 aliphatic carbocycles. The maximum absolute atomic E-state index is 13.6. The first-order chi connectivity index (χ1) is 18.3. The minimum atomic E-state index is -6.16. The Kier molecular flexibility index (Phi) is 8.94. The largest absolute Gasteiger partial charge is 0.430 e. The van der Waals surface area contributed by atoms with E-state index in [-0.39, 0.29) is 30.5 Å². The fourth-order valence-corrected chi connectivity index (χ4v) is 6.32. The van der Waals surface area contributed by atoms with Crippen molar-refractivity contribution in [2.75, 3.05) is 10.9 Å². The van der Waals surface area contributed by atoms with Gasteiger partial charge in [-0.05, 0) is 55.7 Å². The van der Waals surface area contributed by atoms with Crippen molar-refractivity contribution in [3.8, 4) is 0 Å². The molecule has 7 nitrogen and oxygen atoms in total. The SMILES string of the molecule is C[C@@H](O)[C@@H](CO)CC(=O)C[C@@H]1CCc2cc(C(O)(C(F)(F)F)C(F)(F)F)ccc2N1S(=O)(=O)c1ccc(F)cc1. The fourth-order valence-electron chi connectivity index (χ4n) is 4.61. The van der Waals surface area contributed by atoms with Gasteiger partial charge in [0.2, 0.25) is 0 Å². The van der Waals surface area contributed by atoms with E-state index < -0.39 is 81.1 Å². The zero-order valence-corrected chi connectivity index (χ0v) is 21.7. The smallest absolute Gasteiger partial charge is 0.396 e. The minimum Gasteiger partial charge on any atom is -0.396 e. The number of carbonyl (C=O) groups excluding carboxylic acids is 1. The van der Waals surface area contributed by atoms with Crippen LogP contribution in [-0.2, 0) is 26.8 Å². The van der Waals surface area contributed by atoms with Gasteiger partial charge >= 0.3 is 12.4 Å². The Morgan fingerprint density at radius 3 is 2.12 bits per heavy atom. The number of sulfonamides is 1. The Bertz CT molecular complexity index is 1310. The molecule has 0 spiro atoms. The van der Waals surface area contributed by atoms with Gasteiger partial charge in [0.25, 0.3) is 15.6 Å². The molecular formula is C25H26F7NO6S. The number of anilines is 1. The number of rotatable bonds is 9. The van der Waals surface area contributed by atoms with Crippen molar-refractivity contribution in [1.82, 2.24) is 0 Å². The standard InChI is InChI=1S/C25H26F7NO6S/c1-14(35)16(13-34)11-20(36)12-19-6-2-15-10-17(23(37,24(27,28)29)25(30,31)32)3-9-22(15)33(19)40(38,39)21-7-4-18(26)5-8-21/h3-5,7-10,14,16,19,34-35,37H,2,6,11-13H2,1H3/t14-,16-,19+/m1/s1. The summed E-state index contributed by atoms with van der Waals surface area (Å²) in [6, 6.07) is 3.77. The number of alkyl halides is 6. The van der Waals surface area contributed by atoms with E-state index in [0.29, 0.717) is 22.5 Å². The number of aryl methyl sites for hydroxylation is 1. The first kappa shape index (κ1) is 31.8. The molecule has 40 heavy (non-hydrogen) atoms. The maximum Gasteiger partial charge on any atom is 0.430 e. The molecule has 1 aliphatic rings. The number of hydrogen-bond acceptors (Lipinski definition) is 6. The summed E-state index contributed by atoms with van der Waals surface area (Å²) in [6.07, 6.45) is -14.6. The lowest BCUT2D eigenvalue weighted by molar-refractivity contribution is -0.376. The van der Waals surface area contributed by atoms with E-state index in [0.717, 1.165) is 24.3 Å². The van der Waals surface area contributed by atoms with Crippen LogP contribution in [0.25, 0.3) is 0 Å². The lowest BCUT2D eigenvalue weighted by atomic mass is 9.86. The van der Waals surface area contributed by atoms with Gasteiger partial charge in [-0.1, -0.05) is 12.1 Å². The quantitative estimate of drug-likeness (QED) is 0.375. The lowest BCUT2D eigenvalue weighted by Gasteiger charge is -2.39. The summed E-state index contributed by atoms with van der Waals surface area (Å²) < 4.78 is 122. The number of aliphatic hydroxyl groups is 3. The van der Waals surface area contributed by atoms with Crippen molar-refractivity contribution in [2.24, 2.45) is 5.92 Å². The molecule has 2 aromatic rings. The number of carbonyl (C=O) groups is 1. The third-order valence-electron chi connectivity index (χ3n) is 6.87. The van der Waals surface area contributed by atoms with E-state index in [1.165, 1.54) is 6.92 Å². The van der Waals surface area contributed by atoms with Gasteiger partial charge < -0.3 is 15.3 Å². The number of nitrogens with zero attached hydrogens (tertiary/aromatic N) is 1. The number of Topliss-reactive ketones (excluding diaryl/α,β-unsaturated/α-hetero) is 1. The third kappa shape index (κ3) is 5.97. The second-order valence-corrected chi connectivity index (χ2v) is 11.4. The molecule has 0 bridgehead atoms. The first-order valence-electron chi connectivity index (χ1n) is 11.9. The summed E-state index contributed by atoms with van der Waals surface area (Å²) in [5.74, 6) is -2.19. The highest BCUT2D eigenvalue weighted by Gasteiger charge is 2.71. The van der Waals surface area contributed by atoms with Gasteiger partial charge in [0.05, 0.1) is 22.7 Å². The highest BCUT2D eigenvalue weighted by Crippen LogP contribution is 2.51. The predicted molar refractivity (Wildman–Crippen MR) is 127 cm³/mol. The van der Waals surface area contributed by atoms with Crippen LogP contribution in [0.4, 0.5) is 36.4 Å². The van der Waals surface area contributed by atoms with Crippen LogP contribution >= 0.6 is 0 Å². The third-order valence-corrected chi connectivity index (χ3v) is 8.75. The molecule has 15 heteroatoms. The van der Waals surface area contributed by atoms with Crippen molar-refractivity contribution in [3.63, 3.8) is 0 Å². The van der Waals surface area contributed by atoms with Crippen LogP contribution in [0, 0.1) is 11.7 Å². The second kappa shape index (κ2) is 11.3. The molecule has 3 N–H and O–H groups in total. The minimum absolute atomic E-state index is 0.211. The van der Waals surface area contributed by atoms with Gasteiger partial charge in [-0.3, -0.25) is 9.10 Å².